The van der Waals surface area contributed by atoms with Gasteiger partial charge in [0.2, 0.25) is 0 Å². The summed E-state index contributed by atoms with van der Waals surface area (Å²) in [7, 11) is 1.66. The molecule has 0 fully saturated rings. The van der Waals surface area contributed by atoms with Gasteiger partial charge in [-0.3, -0.25) is 0 Å². The van der Waals surface area contributed by atoms with Crippen molar-refractivity contribution in [3.63, 3.8) is 0 Å². The number of nitrogens with two attached hydrogens (primary N) is 1. The van der Waals surface area contributed by atoms with Crippen LogP contribution < -0.4 is 15.2 Å². The Morgan fingerprint density at radius 1 is 1.00 bits per heavy atom. The fourth-order valence-electron chi connectivity index (χ4n) is 2.06. The Bertz CT molecular complexity index is 552. The van der Waals surface area contributed by atoms with E-state index in [9.17, 15) is 0 Å². The van der Waals surface area contributed by atoms with Gasteiger partial charge >= 0.3 is 0 Å². The molecule has 2 N–H and O–H groups in total. The average molecular weight is 271 g/mol. The molecule has 0 bridgehead atoms. The van der Waals surface area contributed by atoms with E-state index < -0.39 is 0 Å². The summed E-state index contributed by atoms with van der Waals surface area (Å²) in [4.78, 5) is 0. The van der Waals surface area contributed by atoms with Crippen molar-refractivity contribution < 1.29 is 9.47 Å². The van der Waals surface area contributed by atoms with Gasteiger partial charge in [0.1, 0.15) is 18.1 Å². The lowest BCUT2D eigenvalue weighted by Gasteiger charge is -2.10. The summed E-state index contributed by atoms with van der Waals surface area (Å²) in [5, 5.41) is 0. The highest BCUT2D eigenvalue weighted by Crippen LogP contribution is 2.18. The standard InChI is InChI=1S/C17H21NO2/c1-13(18)9-14-5-3-8-17(10-14)20-12-15-6-4-7-16(11-15)19-2/h3-8,10-11,13H,9,12,18H2,1-2H3. The Labute approximate surface area is 120 Å². The molecule has 0 saturated heterocycles. The van der Waals surface area contributed by atoms with Crippen molar-refractivity contribution in [1.82, 2.24) is 0 Å². The molecule has 2 aromatic rings. The Morgan fingerprint density at radius 3 is 2.35 bits per heavy atom. The summed E-state index contributed by atoms with van der Waals surface area (Å²) in [5.74, 6) is 1.71. The molecular weight excluding hydrogens is 250 g/mol. The van der Waals surface area contributed by atoms with Crippen LogP contribution in [0.1, 0.15) is 18.1 Å². The minimum atomic E-state index is 0.156. The predicted octanol–water partition coefficient (Wildman–Crippen LogP) is 3.16. The Morgan fingerprint density at radius 2 is 1.65 bits per heavy atom. The summed E-state index contributed by atoms with van der Waals surface area (Å²) >= 11 is 0. The third kappa shape index (κ3) is 4.28. The number of ether oxygens (including phenoxy) is 2. The molecule has 0 aromatic heterocycles. The zero-order valence-corrected chi connectivity index (χ0v) is 12.0. The van der Waals surface area contributed by atoms with Crippen LogP contribution in [-0.2, 0) is 13.0 Å². The van der Waals surface area contributed by atoms with E-state index in [1.807, 2.05) is 49.4 Å². The minimum Gasteiger partial charge on any atom is -0.497 e. The first-order valence-electron chi connectivity index (χ1n) is 6.77. The Hall–Kier alpha value is -2.00. The summed E-state index contributed by atoms with van der Waals surface area (Å²) in [6.07, 6.45) is 0.857. The number of rotatable bonds is 6. The molecule has 3 heteroatoms. The second-order valence-electron chi connectivity index (χ2n) is 4.97. The van der Waals surface area contributed by atoms with Crippen molar-refractivity contribution in [3.8, 4) is 11.5 Å². The molecule has 0 spiro atoms. The van der Waals surface area contributed by atoms with Crippen LogP contribution in [0.15, 0.2) is 48.5 Å². The fraction of sp³-hybridized carbons (Fsp3) is 0.294. The van der Waals surface area contributed by atoms with Crippen LogP contribution in [-0.4, -0.2) is 13.2 Å². The van der Waals surface area contributed by atoms with E-state index in [4.69, 9.17) is 15.2 Å². The fourth-order valence-corrected chi connectivity index (χ4v) is 2.06. The molecule has 0 aliphatic rings. The van der Waals surface area contributed by atoms with Gasteiger partial charge < -0.3 is 15.2 Å². The molecule has 0 saturated carbocycles. The van der Waals surface area contributed by atoms with E-state index >= 15 is 0 Å². The maximum atomic E-state index is 5.82. The molecule has 1 unspecified atom stereocenters. The van der Waals surface area contributed by atoms with Crippen LogP contribution >= 0.6 is 0 Å². The number of benzene rings is 2. The molecule has 106 valence electrons. The van der Waals surface area contributed by atoms with Crippen LogP contribution in [0.25, 0.3) is 0 Å². The van der Waals surface area contributed by atoms with Crippen molar-refractivity contribution >= 4 is 0 Å². The Kier molecular flexibility index (Phi) is 5.02. The third-order valence-corrected chi connectivity index (χ3v) is 3.00. The summed E-state index contributed by atoms with van der Waals surface area (Å²) in [6, 6.07) is 16.1. The first-order valence-corrected chi connectivity index (χ1v) is 6.77. The van der Waals surface area contributed by atoms with E-state index in [2.05, 4.69) is 6.07 Å². The van der Waals surface area contributed by atoms with Crippen molar-refractivity contribution in [2.45, 2.75) is 26.0 Å². The van der Waals surface area contributed by atoms with Gasteiger partial charge in [0.05, 0.1) is 7.11 Å². The zero-order chi connectivity index (χ0) is 14.4. The van der Waals surface area contributed by atoms with Crippen molar-refractivity contribution in [2.75, 3.05) is 7.11 Å². The average Bonchev–Trinajstić information content (AvgIpc) is 2.45. The lowest BCUT2D eigenvalue weighted by atomic mass is 10.1. The molecule has 2 rings (SSSR count). The predicted molar refractivity (Wildman–Crippen MR) is 81.1 cm³/mol. The van der Waals surface area contributed by atoms with E-state index in [1.165, 1.54) is 5.56 Å². The second kappa shape index (κ2) is 6.96. The van der Waals surface area contributed by atoms with Crippen LogP contribution in [0.2, 0.25) is 0 Å². The molecule has 3 nitrogen and oxygen atoms in total. The second-order valence-corrected chi connectivity index (χ2v) is 4.97. The van der Waals surface area contributed by atoms with Gasteiger partial charge in [-0.05, 0) is 48.7 Å². The maximum absolute atomic E-state index is 5.82. The summed E-state index contributed by atoms with van der Waals surface area (Å²) < 4.78 is 11.0. The SMILES string of the molecule is COc1cccc(COc2cccc(CC(C)N)c2)c1. The third-order valence-electron chi connectivity index (χ3n) is 3.00. The zero-order valence-electron chi connectivity index (χ0n) is 12.0. The van der Waals surface area contributed by atoms with Crippen molar-refractivity contribution in [1.29, 1.82) is 0 Å². The monoisotopic (exact) mass is 271 g/mol. The van der Waals surface area contributed by atoms with Gasteiger partial charge in [0, 0.05) is 6.04 Å². The number of hydrogen-bond acceptors (Lipinski definition) is 3. The highest BCUT2D eigenvalue weighted by molar-refractivity contribution is 5.31. The van der Waals surface area contributed by atoms with Crippen LogP contribution in [0.4, 0.5) is 0 Å². The highest BCUT2D eigenvalue weighted by atomic mass is 16.5. The lowest BCUT2D eigenvalue weighted by molar-refractivity contribution is 0.305. The molecule has 0 aliphatic heterocycles. The normalized spacial score (nSPS) is 11.9. The number of hydrogen-bond donors (Lipinski definition) is 1. The van der Waals surface area contributed by atoms with Crippen LogP contribution in [0, 0.1) is 0 Å². The first-order chi connectivity index (χ1) is 9.67. The molecule has 0 radical (unpaired) electrons. The van der Waals surface area contributed by atoms with E-state index in [1.54, 1.807) is 7.11 Å². The summed E-state index contributed by atoms with van der Waals surface area (Å²) in [6.45, 7) is 2.53. The maximum Gasteiger partial charge on any atom is 0.120 e. The first kappa shape index (κ1) is 14.4. The van der Waals surface area contributed by atoms with E-state index in [-0.39, 0.29) is 6.04 Å². The topological polar surface area (TPSA) is 44.5 Å². The molecule has 1 atom stereocenters. The molecule has 0 aliphatic carbocycles. The molecule has 0 amide bonds. The van der Waals surface area contributed by atoms with E-state index in [0.29, 0.717) is 6.61 Å². The molecular formula is C17H21NO2. The smallest absolute Gasteiger partial charge is 0.120 e. The summed E-state index contributed by atoms with van der Waals surface area (Å²) in [5.41, 5.74) is 8.10. The van der Waals surface area contributed by atoms with Crippen molar-refractivity contribution in [2.24, 2.45) is 5.73 Å². The van der Waals surface area contributed by atoms with E-state index in [0.717, 1.165) is 23.5 Å². The molecule has 20 heavy (non-hydrogen) atoms. The van der Waals surface area contributed by atoms with Gasteiger partial charge in [-0.1, -0.05) is 24.3 Å². The largest absolute Gasteiger partial charge is 0.497 e. The van der Waals surface area contributed by atoms with Gasteiger partial charge in [-0.25, -0.2) is 0 Å². The molecule has 2 aromatic carbocycles. The van der Waals surface area contributed by atoms with Gasteiger partial charge in [0.25, 0.3) is 0 Å². The highest BCUT2D eigenvalue weighted by Gasteiger charge is 2.01. The van der Waals surface area contributed by atoms with Gasteiger partial charge in [0.15, 0.2) is 0 Å². The quantitative estimate of drug-likeness (QED) is 0.877. The van der Waals surface area contributed by atoms with Gasteiger partial charge in [-0.2, -0.15) is 0 Å². The van der Waals surface area contributed by atoms with Gasteiger partial charge in [-0.15, -0.1) is 0 Å². The van der Waals surface area contributed by atoms with Crippen LogP contribution in [0.3, 0.4) is 0 Å². The van der Waals surface area contributed by atoms with Crippen molar-refractivity contribution in [3.05, 3.63) is 59.7 Å². The minimum absolute atomic E-state index is 0.156. The molecule has 0 heterocycles. The number of methoxy groups -OCH3 is 1. The lowest BCUT2D eigenvalue weighted by Crippen LogP contribution is -2.17. The Balaban J connectivity index is 1.99. The van der Waals surface area contributed by atoms with Crippen LogP contribution in [0.5, 0.6) is 11.5 Å².